The summed E-state index contributed by atoms with van der Waals surface area (Å²) < 4.78 is 0. The Hall–Kier alpha value is -1.30. The minimum Gasteiger partial charge on any atom is -0.356 e. The van der Waals surface area contributed by atoms with E-state index in [2.05, 4.69) is 33.6 Å². The Bertz CT molecular complexity index is 569. The van der Waals surface area contributed by atoms with E-state index in [0.29, 0.717) is 11.8 Å². The molecule has 2 aliphatic rings. The SMILES string of the molecule is CSc1nccc(N2CCC3(CC2)CC(=O)N(CC(C)C)C3)n1. The van der Waals surface area contributed by atoms with Crippen molar-refractivity contribution in [2.24, 2.45) is 11.3 Å². The number of aromatic nitrogens is 2. The van der Waals surface area contributed by atoms with Gasteiger partial charge in [-0.1, -0.05) is 25.6 Å². The highest BCUT2D eigenvalue weighted by atomic mass is 32.2. The number of carbonyl (C=O) groups is 1. The number of rotatable bonds is 4. The fourth-order valence-corrected chi connectivity index (χ4v) is 4.09. The second-order valence-electron chi connectivity index (χ2n) is 7.23. The third-order valence-corrected chi connectivity index (χ3v) is 5.50. The molecule has 0 radical (unpaired) electrons. The van der Waals surface area contributed by atoms with E-state index in [1.54, 1.807) is 11.8 Å². The van der Waals surface area contributed by atoms with Gasteiger partial charge in [-0.25, -0.2) is 9.97 Å². The van der Waals surface area contributed by atoms with Crippen LogP contribution in [0.15, 0.2) is 17.4 Å². The van der Waals surface area contributed by atoms with Crippen molar-refractivity contribution in [3.05, 3.63) is 12.3 Å². The van der Waals surface area contributed by atoms with E-state index in [1.807, 2.05) is 18.5 Å². The Labute approximate surface area is 142 Å². The van der Waals surface area contributed by atoms with Gasteiger partial charge in [-0.2, -0.15) is 0 Å². The van der Waals surface area contributed by atoms with Crippen LogP contribution in [-0.4, -0.2) is 53.2 Å². The maximum Gasteiger partial charge on any atom is 0.223 e. The van der Waals surface area contributed by atoms with Crippen molar-refractivity contribution >= 4 is 23.5 Å². The lowest BCUT2D eigenvalue weighted by Crippen LogP contribution is -2.42. The first-order chi connectivity index (χ1) is 11.0. The van der Waals surface area contributed by atoms with Gasteiger partial charge < -0.3 is 9.80 Å². The third kappa shape index (κ3) is 3.62. The van der Waals surface area contributed by atoms with Crippen LogP contribution < -0.4 is 4.90 Å². The summed E-state index contributed by atoms with van der Waals surface area (Å²) in [5.41, 5.74) is 0.192. The maximum absolute atomic E-state index is 12.3. The molecule has 0 N–H and O–H groups in total. The lowest BCUT2D eigenvalue weighted by molar-refractivity contribution is -0.128. The Balaban J connectivity index is 1.63. The van der Waals surface area contributed by atoms with E-state index in [4.69, 9.17) is 0 Å². The molecule has 2 fully saturated rings. The van der Waals surface area contributed by atoms with E-state index in [9.17, 15) is 4.79 Å². The zero-order valence-corrected chi connectivity index (χ0v) is 15.1. The standard InChI is InChI=1S/C17H26N4OS/c1-13(2)11-21-12-17(10-15(21)22)5-8-20(9-6-17)14-4-7-18-16(19-14)23-3/h4,7,13H,5-6,8-12H2,1-3H3. The van der Waals surface area contributed by atoms with Gasteiger partial charge in [0.15, 0.2) is 5.16 Å². The van der Waals surface area contributed by atoms with E-state index < -0.39 is 0 Å². The molecule has 6 heteroatoms. The highest BCUT2D eigenvalue weighted by Crippen LogP contribution is 2.41. The van der Waals surface area contributed by atoms with Crippen LogP contribution in [0.25, 0.3) is 0 Å². The number of nitrogens with zero attached hydrogens (tertiary/aromatic N) is 4. The van der Waals surface area contributed by atoms with E-state index in [0.717, 1.165) is 56.4 Å². The first kappa shape index (κ1) is 16.6. The zero-order valence-electron chi connectivity index (χ0n) is 14.3. The molecule has 1 spiro atoms. The fraction of sp³-hybridized carbons (Fsp3) is 0.706. The molecule has 5 nitrogen and oxygen atoms in total. The smallest absolute Gasteiger partial charge is 0.223 e. The van der Waals surface area contributed by atoms with Crippen molar-refractivity contribution < 1.29 is 4.79 Å². The number of thioether (sulfide) groups is 1. The third-order valence-electron chi connectivity index (χ3n) is 4.94. The van der Waals surface area contributed by atoms with Gasteiger partial charge in [-0.05, 0) is 31.1 Å². The lowest BCUT2D eigenvalue weighted by atomic mass is 9.77. The number of anilines is 1. The minimum atomic E-state index is 0.192. The van der Waals surface area contributed by atoms with Gasteiger partial charge in [-0.15, -0.1) is 0 Å². The molecule has 0 unspecified atom stereocenters. The Kier molecular flexibility index (Phi) is 4.80. The topological polar surface area (TPSA) is 49.3 Å². The molecule has 1 aromatic rings. The van der Waals surface area contributed by atoms with Gasteiger partial charge in [0, 0.05) is 44.2 Å². The van der Waals surface area contributed by atoms with E-state index in [-0.39, 0.29) is 5.41 Å². The van der Waals surface area contributed by atoms with Crippen LogP contribution >= 0.6 is 11.8 Å². The predicted octanol–water partition coefficient (Wildman–Crippen LogP) is 2.67. The van der Waals surface area contributed by atoms with Gasteiger partial charge in [0.1, 0.15) is 5.82 Å². The molecule has 0 aromatic carbocycles. The van der Waals surface area contributed by atoms with Gasteiger partial charge >= 0.3 is 0 Å². The van der Waals surface area contributed by atoms with Crippen molar-refractivity contribution in [2.75, 3.05) is 37.3 Å². The first-order valence-corrected chi connectivity index (χ1v) is 9.64. The maximum atomic E-state index is 12.3. The number of hydrogen-bond donors (Lipinski definition) is 0. The van der Waals surface area contributed by atoms with E-state index in [1.165, 1.54) is 0 Å². The number of carbonyl (C=O) groups excluding carboxylic acids is 1. The molecule has 0 saturated carbocycles. The first-order valence-electron chi connectivity index (χ1n) is 8.41. The Morgan fingerprint density at radius 1 is 1.35 bits per heavy atom. The Morgan fingerprint density at radius 2 is 2.09 bits per heavy atom. The number of hydrogen-bond acceptors (Lipinski definition) is 5. The highest BCUT2D eigenvalue weighted by Gasteiger charge is 2.44. The van der Waals surface area contributed by atoms with Gasteiger partial charge in [0.25, 0.3) is 0 Å². The number of amides is 1. The normalized spacial score (nSPS) is 20.8. The molecule has 0 bridgehead atoms. The van der Waals surface area contributed by atoms with Crippen LogP contribution in [0.2, 0.25) is 0 Å². The molecular weight excluding hydrogens is 308 g/mol. The lowest BCUT2D eigenvalue weighted by Gasteiger charge is -2.39. The van der Waals surface area contributed by atoms with Crippen molar-refractivity contribution in [3.8, 4) is 0 Å². The molecule has 3 heterocycles. The van der Waals surface area contributed by atoms with Gasteiger partial charge in [-0.3, -0.25) is 4.79 Å². The summed E-state index contributed by atoms with van der Waals surface area (Å²) in [6.45, 7) is 8.16. The quantitative estimate of drug-likeness (QED) is 0.626. The molecule has 1 aromatic heterocycles. The zero-order chi connectivity index (χ0) is 16.4. The highest BCUT2D eigenvalue weighted by molar-refractivity contribution is 7.98. The van der Waals surface area contributed by atoms with Crippen LogP contribution in [-0.2, 0) is 4.79 Å². The average molecular weight is 334 g/mol. The summed E-state index contributed by atoms with van der Waals surface area (Å²) in [4.78, 5) is 25.6. The van der Waals surface area contributed by atoms with Gasteiger partial charge in [0.2, 0.25) is 5.91 Å². The molecule has 23 heavy (non-hydrogen) atoms. The van der Waals surface area contributed by atoms with Crippen molar-refractivity contribution in [1.29, 1.82) is 0 Å². The summed E-state index contributed by atoms with van der Waals surface area (Å²) in [5.74, 6) is 1.90. The second kappa shape index (κ2) is 6.67. The summed E-state index contributed by atoms with van der Waals surface area (Å²) in [6, 6.07) is 1.99. The Morgan fingerprint density at radius 3 is 2.74 bits per heavy atom. The molecule has 2 aliphatic heterocycles. The van der Waals surface area contributed by atoms with Gasteiger partial charge in [0.05, 0.1) is 0 Å². The number of likely N-dealkylation sites (tertiary alicyclic amines) is 1. The summed E-state index contributed by atoms with van der Waals surface area (Å²) in [7, 11) is 0. The fourth-order valence-electron chi connectivity index (χ4n) is 3.74. The minimum absolute atomic E-state index is 0.192. The average Bonchev–Trinajstić information content (AvgIpc) is 2.83. The molecular formula is C17H26N4OS. The van der Waals surface area contributed by atoms with Crippen LogP contribution in [0.5, 0.6) is 0 Å². The van der Waals surface area contributed by atoms with Crippen LogP contribution in [0, 0.1) is 11.3 Å². The van der Waals surface area contributed by atoms with Crippen molar-refractivity contribution in [1.82, 2.24) is 14.9 Å². The molecule has 126 valence electrons. The summed E-state index contributed by atoms with van der Waals surface area (Å²) in [6.07, 6.45) is 6.71. The molecule has 2 saturated heterocycles. The molecule has 3 rings (SSSR count). The molecule has 1 amide bonds. The van der Waals surface area contributed by atoms with Crippen molar-refractivity contribution in [3.63, 3.8) is 0 Å². The predicted molar refractivity (Wildman–Crippen MR) is 93.7 cm³/mol. The monoisotopic (exact) mass is 334 g/mol. The van der Waals surface area contributed by atoms with Crippen LogP contribution in [0.4, 0.5) is 5.82 Å². The van der Waals surface area contributed by atoms with Crippen LogP contribution in [0.1, 0.15) is 33.1 Å². The molecule has 0 atom stereocenters. The van der Waals surface area contributed by atoms with E-state index >= 15 is 0 Å². The number of piperidine rings is 1. The van der Waals surface area contributed by atoms with Crippen molar-refractivity contribution in [2.45, 2.75) is 38.3 Å². The molecule has 0 aliphatic carbocycles. The summed E-state index contributed by atoms with van der Waals surface area (Å²) in [5, 5.41) is 0.821. The summed E-state index contributed by atoms with van der Waals surface area (Å²) >= 11 is 1.57. The largest absolute Gasteiger partial charge is 0.356 e. The second-order valence-corrected chi connectivity index (χ2v) is 8.01. The van der Waals surface area contributed by atoms with Crippen LogP contribution in [0.3, 0.4) is 0 Å².